The predicted octanol–water partition coefficient (Wildman–Crippen LogP) is 4.12. The zero-order valence-corrected chi connectivity index (χ0v) is 11.6. The van der Waals surface area contributed by atoms with Crippen molar-refractivity contribution < 1.29 is 9.15 Å². The Labute approximate surface area is 121 Å². The van der Waals surface area contributed by atoms with Gasteiger partial charge >= 0.3 is 0 Å². The van der Waals surface area contributed by atoms with Crippen LogP contribution in [0.1, 0.15) is 11.1 Å². The van der Waals surface area contributed by atoms with Gasteiger partial charge in [0.05, 0.1) is 11.3 Å². The van der Waals surface area contributed by atoms with Crippen molar-refractivity contribution in [1.29, 1.82) is 0 Å². The third kappa shape index (κ3) is 2.38. The molecular weight excluding hydrogens is 274 g/mol. The van der Waals surface area contributed by atoms with Crippen LogP contribution in [0.15, 0.2) is 53.1 Å². The highest BCUT2D eigenvalue weighted by molar-refractivity contribution is 6.32. The molecule has 102 valence electrons. The zero-order valence-electron chi connectivity index (χ0n) is 10.8. The maximum absolute atomic E-state index is 6.07. The summed E-state index contributed by atoms with van der Waals surface area (Å²) in [5.74, 6) is 0.661. The minimum Gasteiger partial charge on any atom is -0.487 e. The van der Waals surface area contributed by atoms with Gasteiger partial charge in [-0.15, -0.1) is 0 Å². The number of fused-ring (bicyclic) bond motifs is 1. The van der Waals surface area contributed by atoms with Crippen LogP contribution in [-0.4, -0.2) is 0 Å². The third-order valence-electron chi connectivity index (χ3n) is 3.20. The monoisotopic (exact) mass is 287 g/mol. The fraction of sp³-hybridized carbons (Fsp3) is 0.125. The standard InChI is InChI=1S/C16H14ClNO2/c17-13-5-1-2-6-14(13)19-9-12-10-20-15-7-3-4-11(8-18)16(12)15/h1-7,10H,8-9,18H2. The van der Waals surface area contributed by atoms with Gasteiger partial charge in [0.25, 0.3) is 0 Å². The maximum Gasteiger partial charge on any atom is 0.138 e. The second-order valence-electron chi connectivity index (χ2n) is 4.47. The lowest BCUT2D eigenvalue weighted by Crippen LogP contribution is -2.00. The van der Waals surface area contributed by atoms with Crippen LogP contribution in [0.5, 0.6) is 5.75 Å². The first kappa shape index (κ1) is 13.0. The minimum absolute atomic E-state index is 0.397. The van der Waals surface area contributed by atoms with Crippen LogP contribution in [0.25, 0.3) is 11.0 Å². The van der Waals surface area contributed by atoms with E-state index in [-0.39, 0.29) is 0 Å². The number of ether oxygens (including phenoxy) is 1. The number of benzene rings is 2. The van der Waals surface area contributed by atoms with Crippen molar-refractivity contribution in [2.24, 2.45) is 5.73 Å². The molecule has 1 aromatic heterocycles. The predicted molar refractivity (Wildman–Crippen MR) is 79.9 cm³/mol. The van der Waals surface area contributed by atoms with Crippen molar-refractivity contribution in [2.75, 3.05) is 0 Å². The average molecular weight is 288 g/mol. The highest BCUT2D eigenvalue weighted by Gasteiger charge is 2.10. The summed E-state index contributed by atoms with van der Waals surface area (Å²) in [6, 6.07) is 13.3. The Morgan fingerprint density at radius 2 is 1.90 bits per heavy atom. The summed E-state index contributed by atoms with van der Waals surface area (Å²) < 4.78 is 11.3. The van der Waals surface area contributed by atoms with Gasteiger partial charge in [0.15, 0.2) is 0 Å². The molecule has 2 N–H and O–H groups in total. The van der Waals surface area contributed by atoms with Crippen molar-refractivity contribution >= 4 is 22.6 Å². The van der Waals surface area contributed by atoms with E-state index in [1.165, 1.54) is 0 Å². The molecule has 1 heterocycles. The fourth-order valence-corrected chi connectivity index (χ4v) is 2.42. The van der Waals surface area contributed by atoms with E-state index in [0.717, 1.165) is 22.1 Å². The van der Waals surface area contributed by atoms with Crippen LogP contribution >= 0.6 is 11.6 Å². The van der Waals surface area contributed by atoms with Gasteiger partial charge < -0.3 is 14.9 Å². The largest absolute Gasteiger partial charge is 0.487 e. The zero-order chi connectivity index (χ0) is 13.9. The number of nitrogens with two attached hydrogens (primary N) is 1. The Balaban J connectivity index is 1.90. The lowest BCUT2D eigenvalue weighted by atomic mass is 10.1. The average Bonchev–Trinajstić information content (AvgIpc) is 2.90. The lowest BCUT2D eigenvalue weighted by Gasteiger charge is -2.07. The van der Waals surface area contributed by atoms with E-state index >= 15 is 0 Å². The molecule has 0 unspecified atom stereocenters. The molecule has 0 radical (unpaired) electrons. The number of halogens is 1. The molecule has 3 rings (SSSR count). The van der Waals surface area contributed by atoms with Gasteiger partial charge in [-0.2, -0.15) is 0 Å². The van der Waals surface area contributed by atoms with E-state index in [1.807, 2.05) is 36.4 Å². The first-order chi connectivity index (χ1) is 9.79. The summed E-state index contributed by atoms with van der Waals surface area (Å²) in [6.07, 6.45) is 1.71. The summed E-state index contributed by atoms with van der Waals surface area (Å²) in [7, 11) is 0. The van der Waals surface area contributed by atoms with Crippen molar-refractivity contribution in [3.05, 3.63) is 64.9 Å². The molecular formula is C16H14ClNO2. The number of hydrogen-bond acceptors (Lipinski definition) is 3. The second kappa shape index (κ2) is 5.57. The molecule has 20 heavy (non-hydrogen) atoms. The van der Waals surface area contributed by atoms with Crippen molar-refractivity contribution in [1.82, 2.24) is 0 Å². The van der Waals surface area contributed by atoms with Gasteiger partial charge in [-0.1, -0.05) is 35.9 Å². The molecule has 3 aromatic rings. The quantitative estimate of drug-likeness (QED) is 0.785. The Kier molecular flexibility index (Phi) is 3.63. The van der Waals surface area contributed by atoms with Gasteiger partial charge in [0.2, 0.25) is 0 Å². The van der Waals surface area contributed by atoms with E-state index in [1.54, 1.807) is 12.3 Å². The van der Waals surface area contributed by atoms with E-state index < -0.39 is 0 Å². The van der Waals surface area contributed by atoms with E-state index in [0.29, 0.717) is 23.9 Å². The van der Waals surface area contributed by atoms with Crippen LogP contribution in [0.3, 0.4) is 0 Å². The van der Waals surface area contributed by atoms with Gasteiger partial charge in [-0.3, -0.25) is 0 Å². The smallest absolute Gasteiger partial charge is 0.138 e. The van der Waals surface area contributed by atoms with Gasteiger partial charge in [0.1, 0.15) is 17.9 Å². The first-order valence-corrected chi connectivity index (χ1v) is 6.72. The van der Waals surface area contributed by atoms with Crippen LogP contribution in [0.2, 0.25) is 5.02 Å². The van der Waals surface area contributed by atoms with Crippen LogP contribution < -0.4 is 10.5 Å². The summed E-state index contributed by atoms with van der Waals surface area (Å²) in [5, 5.41) is 1.63. The molecule has 0 aliphatic heterocycles. The second-order valence-corrected chi connectivity index (χ2v) is 4.88. The normalized spacial score (nSPS) is 10.9. The van der Waals surface area contributed by atoms with E-state index in [2.05, 4.69) is 0 Å². The molecule has 0 saturated carbocycles. The third-order valence-corrected chi connectivity index (χ3v) is 3.51. The summed E-state index contributed by atoms with van der Waals surface area (Å²) in [4.78, 5) is 0. The summed E-state index contributed by atoms with van der Waals surface area (Å²) in [6.45, 7) is 0.865. The molecule has 2 aromatic carbocycles. The molecule has 0 fully saturated rings. The van der Waals surface area contributed by atoms with Gasteiger partial charge in [-0.05, 0) is 23.8 Å². The van der Waals surface area contributed by atoms with Crippen molar-refractivity contribution in [2.45, 2.75) is 13.2 Å². The molecule has 0 aliphatic rings. The first-order valence-electron chi connectivity index (χ1n) is 6.35. The van der Waals surface area contributed by atoms with Crippen LogP contribution in [-0.2, 0) is 13.2 Å². The fourth-order valence-electron chi connectivity index (χ4n) is 2.23. The SMILES string of the molecule is NCc1cccc2occ(COc3ccccc3Cl)c12. The van der Waals surface area contributed by atoms with Crippen molar-refractivity contribution in [3.8, 4) is 5.75 Å². The molecule has 3 nitrogen and oxygen atoms in total. The van der Waals surface area contributed by atoms with Crippen molar-refractivity contribution in [3.63, 3.8) is 0 Å². The molecule has 0 saturated heterocycles. The number of hydrogen-bond donors (Lipinski definition) is 1. The molecule has 0 spiro atoms. The Morgan fingerprint density at radius 1 is 1.05 bits per heavy atom. The van der Waals surface area contributed by atoms with Gasteiger partial charge in [0, 0.05) is 17.5 Å². The highest BCUT2D eigenvalue weighted by Crippen LogP contribution is 2.28. The maximum atomic E-state index is 6.07. The molecule has 0 aliphatic carbocycles. The van der Waals surface area contributed by atoms with Crippen LogP contribution in [0.4, 0.5) is 0 Å². The van der Waals surface area contributed by atoms with Gasteiger partial charge in [-0.25, -0.2) is 0 Å². The number of para-hydroxylation sites is 1. The Morgan fingerprint density at radius 3 is 2.70 bits per heavy atom. The lowest BCUT2D eigenvalue weighted by molar-refractivity contribution is 0.306. The minimum atomic E-state index is 0.397. The molecule has 0 bridgehead atoms. The molecule has 0 amide bonds. The van der Waals surface area contributed by atoms with E-state index in [4.69, 9.17) is 26.5 Å². The van der Waals surface area contributed by atoms with E-state index in [9.17, 15) is 0 Å². The summed E-state index contributed by atoms with van der Waals surface area (Å²) >= 11 is 6.07. The highest BCUT2D eigenvalue weighted by atomic mass is 35.5. The summed E-state index contributed by atoms with van der Waals surface area (Å²) in [5.41, 5.74) is 8.62. The molecule has 0 atom stereocenters. The topological polar surface area (TPSA) is 48.4 Å². The number of furan rings is 1. The Hall–Kier alpha value is -1.97. The number of rotatable bonds is 4. The van der Waals surface area contributed by atoms with Crippen LogP contribution in [0, 0.1) is 0 Å². The Bertz CT molecular complexity index is 736. The molecule has 4 heteroatoms.